The molecule has 2 rings (SSSR count). The molecule has 0 saturated carbocycles. The first-order chi connectivity index (χ1) is 12.0. The molecule has 0 saturated heterocycles. The van der Waals surface area contributed by atoms with Crippen LogP contribution < -0.4 is 5.32 Å². The van der Waals surface area contributed by atoms with Gasteiger partial charge in [-0.05, 0) is 44.9 Å². The number of hydrogen-bond acceptors (Lipinski definition) is 4. The predicted molar refractivity (Wildman–Crippen MR) is 94.2 cm³/mol. The van der Waals surface area contributed by atoms with Crippen LogP contribution >= 0.6 is 23.2 Å². The number of aromatic nitrogens is 2. The Kier molecular flexibility index (Phi) is 6.36. The van der Waals surface area contributed by atoms with E-state index in [-0.39, 0.29) is 22.4 Å². The third-order valence-corrected chi connectivity index (χ3v) is 3.57. The summed E-state index contributed by atoms with van der Waals surface area (Å²) in [6.07, 6.45) is 0.551. The van der Waals surface area contributed by atoms with E-state index >= 15 is 0 Å². The predicted octanol–water partition coefficient (Wildman–Crippen LogP) is 4.87. The fourth-order valence-corrected chi connectivity index (χ4v) is 2.67. The van der Waals surface area contributed by atoms with Crippen LogP contribution in [0.2, 0.25) is 10.3 Å². The molecule has 1 heterocycles. The maximum Gasteiger partial charge on any atom is 0.408 e. The van der Waals surface area contributed by atoms with Gasteiger partial charge in [0.25, 0.3) is 0 Å². The number of nitrogens with one attached hydrogen (secondary N) is 1. The topological polar surface area (TPSA) is 64.1 Å². The molecule has 1 aromatic heterocycles. The van der Waals surface area contributed by atoms with Gasteiger partial charge < -0.3 is 10.1 Å². The fourth-order valence-electron chi connectivity index (χ4n) is 2.22. The summed E-state index contributed by atoms with van der Waals surface area (Å²) in [6.45, 7) is 5.12. The molecular weight excluding hydrogens is 387 g/mol. The largest absolute Gasteiger partial charge is 0.444 e. The second kappa shape index (κ2) is 8.14. The SMILES string of the molecule is CC(C)(C)OC(=O)NC(Cc1cc(F)cc(F)c1)c1ncc(Cl)nc1Cl. The highest BCUT2D eigenvalue weighted by atomic mass is 35.5. The molecule has 2 aromatic rings. The highest BCUT2D eigenvalue weighted by Gasteiger charge is 2.24. The van der Waals surface area contributed by atoms with Crippen LogP contribution in [0.25, 0.3) is 0 Å². The summed E-state index contributed by atoms with van der Waals surface area (Å²) < 4.78 is 32.2. The molecule has 0 aliphatic heterocycles. The molecule has 9 heteroatoms. The monoisotopic (exact) mass is 403 g/mol. The summed E-state index contributed by atoms with van der Waals surface area (Å²) in [6, 6.07) is 2.24. The van der Waals surface area contributed by atoms with Crippen molar-refractivity contribution in [2.24, 2.45) is 0 Å². The Bertz CT molecular complexity index is 793. The first-order valence-corrected chi connectivity index (χ1v) is 8.41. The van der Waals surface area contributed by atoms with Crippen molar-refractivity contribution in [3.8, 4) is 0 Å². The number of amides is 1. The normalized spacial score (nSPS) is 12.6. The Morgan fingerprint density at radius 1 is 1.23 bits per heavy atom. The van der Waals surface area contributed by atoms with E-state index in [9.17, 15) is 13.6 Å². The maximum atomic E-state index is 13.5. The number of rotatable bonds is 4. The smallest absolute Gasteiger partial charge is 0.408 e. The Hall–Kier alpha value is -1.99. The Labute approximate surface area is 159 Å². The van der Waals surface area contributed by atoms with Gasteiger partial charge in [-0.15, -0.1) is 0 Å². The maximum absolute atomic E-state index is 13.5. The van der Waals surface area contributed by atoms with Crippen LogP contribution in [-0.2, 0) is 11.2 Å². The first-order valence-electron chi connectivity index (χ1n) is 7.66. The lowest BCUT2D eigenvalue weighted by atomic mass is 10.0. The molecule has 0 aliphatic carbocycles. The Morgan fingerprint density at radius 3 is 2.38 bits per heavy atom. The summed E-state index contributed by atoms with van der Waals surface area (Å²) in [7, 11) is 0. The van der Waals surface area contributed by atoms with Gasteiger partial charge in [0.15, 0.2) is 5.15 Å². The average Bonchev–Trinajstić information content (AvgIpc) is 2.43. The van der Waals surface area contributed by atoms with Crippen LogP contribution in [0.1, 0.15) is 38.1 Å². The van der Waals surface area contributed by atoms with Gasteiger partial charge in [-0.25, -0.2) is 18.6 Å². The highest BCUT2D eigenvalue weighted by molar-refractivity contribution is 6.32. The van der Waals surface area contributed by atoms with Crippen molar-refractivity contribution in [2.45, 2.75) is 38.8 Å². The molecule has 1 N–H and O–H groups in total. The van der Waals surface area contributed by atoms with Crippen LogP contribution in [0.15, 0.2) is 24.4 Å². The standard InChI is InChI=1S/C17H17Cl2F2N3O2/c1-17(2,3)26-16(25)23-12(14-15(19)24-13(18)8-22-14)6-9-4-10(20)7-11(21)5-9/h4-5,7-8,12H,6H2,1-3H3,(H,23,25). The van der Waals surface area contributed by atoms with Crippen molar-refractivity contribution in [2.75, 3.05) is 0 Å². The third-order valence-electron chi connectivity index (χ3n) is 3.11. The minimum atomic E-state index is -0.830. The van der Waals surface area contributed by atoms with Gasteiger partial charge in [-0.1, -0.05) is 23.2 Å². The molecule has 1 atom stereocenters. The van der Waals surface area contributed by atoms with Gasteiger partial charge in [-0.2, -0.15) is 0 Å². The van der Waals surface area contributed by atoms with Gasteiger partial charge in [-0.3, -0.25) is 4.98 Å². The molecule has 0 spiro atoms. The van der Waals surface area contributed by atoms with Crippen molar-refractivity contribution in [1.82, 2.24) is 15.3 Å². The Morgan fingerprint density at radius 2 is 1.85 bits per heavy atom. The zero-order valence-corrected chi connectivity index (χ0v) is 15.8. The van der Waals surface area contributed by atoms with Crippen LogP contribution in [0.5, 0.6) is 0 Å². The number of hydrogen-bond donors (Lipinski definition) is 1. The fraction of sp³-hybridized carbons (Fsp3) is 0.353. The summed E-state index contributed by atoms with van der Waals surface area (Å²) >= 11 is 11.8. The van der Waals surface area contributed by atoms with Gasteiger partial charge in [0.05, 0.1) is 12.2 Å². The molecule has 1 amide bonds. The number of alkyl carbamates (subject to hydrolysis) is 1. The van der Waals surface area contributed by atoms with Crippen molar-refractivity contribution in [1.29, 1.82) is 0 Å². The van der Waals surface area contributed by atoms with E-state index in [1.165, 1.54) is 6.20 Å². The van der Waals surface area contributed by atoms with Crippen molar-refractivity contribution < 1.29 is 18.3 Å². The molecular formula is C17H17Cl2F2N3O2. The number of carbonyl (C=O) groups is 1. The highest BCUT2D eigenvalue weighted by Crippen LogP contribution is 2.25. The lowest BCUT2D eigenvalue weighted by Crippen LogP contribution is -2.36. The molecule has 140 valence electrons. The summed E-state index contributed by atoms with van der Waals surface area (Å²) in [4.78, 5) is 20.1. The molecule has 0 radical (unpaired) electrons. The van der Waals surface area contributed by atoms with E-state index in [0.717, 1.165) is 18.2 Å². The van der Waals surface area contributed by atoms with E-state index in [4.69, 9.17) is 27.9 Å². The Balaban J connectivity index is 2.33. The molecule has 1 aromatic carbocycles. The van der Waals surface area contributed by atoms with E-state index in [2.05, 4.69) is 15.3 Å². The van der Waals surface area contributed by atoms with Crippen LogP contribution in [0.3, 0.4) is 0 Å². The second-order valence-electron chi connectivity index (χ2n) is 6.55. The summed E-state index contributed by atoms with van der Waals surface area (Å²) in [5.74, 6) is -1.46. The molecule has 0 fully saturated rings. The van der Waals surface area contributed by atoms with Crippen LogP contribution in [0, 0.1) is 11.6 Å². The third kappa shape index (κ3) is 6.07. The van der Waals surface area contributed by atoms with Crippen molar-refractivity contribution in [3.63, 3.8) is 0 Å². The van der Waals surface area contributed by atoms with Gasteiger partial charge in [0.2, 0.25) is 0 Å². The minimum absolute atomic E-state index is 0.0178. The first kappa shape index (κ1) is 20.3. The zero-order valence-electron chi connectivity index (χ0n) is 14.3. The van der Waals surface area contributed by atoms with E-state index in [1.54, 1.807) is 20.8 Å². The summed E-state index contributed by atoms with van der Waals surface area (Å²) in [5, 5.41) is 2.64. The van der Waals surface area contributed by atoms with E-state index in [0.29, 0.717) is 5.56 Å². The van der Waals surface area contributed by atoms with Crippen molar-refractivity contribution >= 4 is 29.3 Å². The zero-order chi connectivity index (χ0) is 19.5. The second-order valence-corrected chi connectivity index (χ2v) is 7.29. The number of benzene rings is 1. The number of nitrogens with zero attached hydrogens (tertiary/aromatic N) is 2. The molecule has 1 unspecified atom stereocenters. The van der Waals surface area contributed by atoms with E-state index < -0.39 is 29.4 Å². The van der Waals surface area contributed by atoms with E-state index in [1.807, 2.05) is 0 Å². The lowest BCUT2D eigenvalue weighted by Gasteiger charge is -2.24. The van der Waals surface area contributed by atoms with Crippen LogP contribution in [0.4, 0.5) is 13.6 Å². The minimum Gasteiger partial charge on any atom is -0.444 e. The summed E-state index contributed by atoms with van der Waals surface area (Å²) in [5.41, 5.74) is -0.224. The number of ether oxygens (including phenoxy) is 1. The number of halogens is 4. The quantitative estimate of drug-likeness (QED) is 0.790. The van der Waals surface area contributed by atoms with Gasteiger partial charge in [0, 0.05) is 6.07 Å². The lowest BCUT2D eigenvalue weighted by molar-refractivity contribution is 0.0502. The number of carbonyl (C=O) groups excluding carboxylic acids is 1. The molecule has 0 aliphatic rings. The van der Waals surface area contributed by atoms with Gasteiger partial charge >= 0.3 is 6.09 Å². The average molecular weight is 404 g/mol. The van der Waals surface area contributed by atoms with Crippen molar-refractivity contribution in [3.05, 3.63) is 57.6 Å². The molecule has 5 nitrogen and oxygen atoms in total. The molecule has 0 bridgehead atoms. The van der Waals surface area contributed by atoms with Gasteiger partial charge in [0.1, 0.15) is 28.1 Å². The molecule has 26 heavy (non-hydrogen) atoms. The van der Waals surface area contributed by atoms with Crippen LogP contribution in [-0.4, -0.2) is 21.7 Å².